The number of halogens is 3. The Balaban J connectivity index is 2.37. The van der Waals surface area contributed by atoms with Crippen LogP contribution in [-0.4, -0.2) is 24.7 Å². The molecular weight excluding hydrogens is 173 g/mol. The molecule has 1 aliphatic rings. The van der Waals surface area contributed by atoms with Gasteiger partial charge in [0.15, 0.2) is 0 Å². The minimum Gasteiger partial charge on any atom is -0.377 e. The van der Waals surface area contributed by atoms with Crippen LogP contribution in [-0.2, 0) is 9.53 Å². The van der Waals surface area contributed by atoms with Gasteiger partial charge < -0.3 is 4.74 Å². The fourth-order valence-corrected chi connectivity index (χ4v) is 1.14. The van der Waals surface area contributed by atoms with Crippen LogP contribution in [0.4, 0.5) is 13.2 Å². The summed E-state index contributed by atoms with van der Waals surface area (Å²) in [6.07, 6.45) is -6.05. The number of hydrogen-bond acceptors (Lipinski definition) is 2. The SMILES string of the molecule is O=C1CCO[C@@H](CC(F)(F)F)C1. The normalized spacial score (nSPS) is 25.9. The first-order valence-electron chi connectivity index (χ1n) is 3.67. The van der Waals surface area contributed by atoms with E-state index in [4.69, 9.17) is 4.74 Å². The predicted molar refractivity (Wildman–Crippen MR) is 34.7 cm³/mol. The van der Waals surface area contributed by atoms with Gasteiger partial charge in [-0.2, -0.15) is 13.2 Å². The molecule has 0 saturated carbocycles. The zero-order valence-corrected chi connectivity index (χ0v) is 6.36. The van der Waals surface area contributed by atoms with Gasteiger partial charge in [-0.05, 0) is 0 Å². The summed E-state index contributed by atoms with van der Waals surface area (Å²) in [5.41, 5.74) is 0. The van der Waals surface area contributed by atoms with E-state index in [1.165, 1.54) is 0 Å². The van der Waals surface area contributed by atoms with Gasteiger partial charge in [0.25, 0.3) is 0 Å². The molecule has 70 valence electrons. The average molecular weight is 182 g/mol. The highest BCUT2D eigenvalue weighted by Gasteiger charge is 2.34. The van der Waals surface area contributed by atoms with E-state index in [1.807, 2.05) is 0 Å². The minimum atomic E-state index is -4.23. The summed E-state index contributed by atoms with van der Waals surface area (Å²) in [6, 6.07) is 0. The number of ketones is 1. The molecule has 1 fully saturated rings. The fraction of sp³-hybridized carbons (Fsp3) is 0.857. The highest BCUT2D eigenvalue weighted by atomic mass is 19.4. The van der Waals surface area contributed by atoms with Gasteiger partial charge in [-0.3, -0.25) is 4.79 Å². The Hall–Kier alpha value is -0.580. The van der Waals surface area contributed by atoms with E-state index in [1.54, 1.807) is 0 Å². The number of rotatable bonds is 1. The van der Waals surface area contributed by atoms with E-state index in [-0.39, 0.29) is 25.2 Å². The number of Topliss-reactive ketones (excluding diaryl/α,β-unsaturated/α-hetero) is 1. The second kappa shape index (κ2) is 3.43. The van der Waals surface area contributed by atoms with E-state index >= 15 is 0 Å². The summed E-state index contributed by atoms with van der Waals surface area (Å²) in [5.74, 6) is -0.143. The van der Waals surface area contributed by atoms with Gasteiger partial charge in [0.05, 0.1) is 19.1 Å². The second-order valence-corrected chi connectivity index (χ2v) is 2.80. The number of carbonyl (C=O) groups excluding carboxylic acids is 1. The van der Waals surface area contributed by atoms with Gasteiger partial charge in [-0.15, -0.1) is 0 Å². The van der Waals surface area contributed by atoms with E-state index in [0.29, 0.717) is 0 Å². The third kappa shape index (κ3) is 3.21. The van der Waals surface area contributed by atoms with Crippen LogP contribution in [0.2, 0.25) is 0 Å². The molecule has 5 heteroatoms. The Morgan fingerprint density at radius 3 is 2.67 bits per heavy atom. The van der Waals surface area contributed by atoms with Crippen LogP contribution in [0.5, 0.6) is 0 Å². The smallest absolute Gasteiger partial charge is 0.377 e. The second-order valence-electron chi connectivity index (χ2n) is 2.80. The molecule has 0 spiro atoms. The summed E-state index contributed by atoms with van der Waals surface area (Å²) in [7, 11) is 0. The molecule has 1 rings (SSSR count). The van der Waals surface area contributed by atoms with Gasteiger partial charge in [0.1, 0.15) is 5.78 Å². The Morgan fingerprint density at radius 1 is 1.50 bits per heavy atom. The summed E-state index contributed by atoms with van der Waals surface area (Å²) in [5, 5.41) is 0. The van der Waals surface area contributed by atoms with E-state index < -0.39 is 18.7 Å². The predicted octanol–water partition coefficient (Wildman–Crippen LogP) is 1.69. The van der Waals surface area contributed by atoms with Crippen LogP contribution >= 0.6 is 0 Å². The quantitative estimate of drug-likeness (QED) is 0.616. The van der Waals surface area contributed by atoms with Gasteiger partial charge in [0.2, 0.25) is 0 Å². The summed E-state index contributed by atoms with van der Waals surface area (Å²) in [4.78, 5) is 10.7. The maximum Gasteiger partial charge on any atom is 0.391 e. The van der Waals surface area contributed by atoms with Crippen LogP contribution in [0.25, 0.3) is 0 Å². The van der Waals surface area contributed by atoms with Crippen molar-refractivity contribution in [1.82, 2.24) is 0 Å². The van der Waals surface area contributed by atoms with E-state index in [2.05, 4.69) is 0 Å². The van der Waals surface area contributed by atoms with Crippen LogP contribution < -0.4 is 0 Å². The summed E-state index contributed by atoms with van der Waals surface area (Å²) in [6.45, 7) is 0.125. The largest absolute Gasteiger partial charge is 0.391 e. The van der Waals surface area contributed by atoms with Crippen molar-refractivity contribution < 1.29 is 22.7 Å². The van der Waals surface area contributed by atoms with Crippen molar-refractivity contribution in [1.29, 1.82) is 0 Å². The zero-order valence-electron chi connectivity index (χ0n) is 6.36. The molecule has 1 heterocycles. The van der Waals surface area contributed by atoms with Crippen molar-refractivity contribution in [3.05, 3.63) is 0 Å². The van der Waals surface area contributed by atoms with Gasteiger partial charge in [-0.1, -0.05) is 0 Å². The lowest BCUT2D eigenvalue weighted by Crippen LogP contribution is -2.30. The maximum absolute atomic E-state index is 11.8. The number of carbonyl (C=O) groups is 1. The average Bonchev–Trinajstić information content (AvgIpc) is 1.82. The van der Waals surface area contributed by atoms with Crippen LogP contribution in [0, 0.1) is 0 Å². The van der Waals surface area contributed by atoms with Crippen molar-refractivity contribution in [3.8, 4) is 0 Å². The first-order valence-corrected chi connectivity index (χ1v) is 3.67. The summed E-state index contributed by atoms with van der Waals surface area (Å²) >= 11 is 0. The van der Waals surface area contributed by atoms with Crippen molar-refractivity contribution in [2.75, 3.05) is 6.61 Å². The lowest BCUT2D eigenvalue weighted by atomic mass is 10.1. The molecule has 0 N–H and O–H groups in total. The molecule has 0 aliphatic carbocycles. The van der Waals surface area contributed by atoms with Crippen molar-refractivity contribution >= 4 is 5.78 Å². The highest BCUT2D eigenvalue weighted by molar-refractivity contribution is 5.79. The molecule has 0 aromatic rings. The molecule has 0 amide bonds. The van der Waals surface area contributed by atoms with Crippen molar-refractivity contribution in [2.24, 2.45) is 0 Å². The molecule has 0 unspecified atom stereocenters. The Morgan fingerprint density at radius 2 is 2.17 bits per heavy atom. The Bertz CT molecular complexity index is 176. The number of ether oxygens (including phenoxy) is 1. The maximum atomic E-state index is 11.8. The van der Waals surface area contributed by atoms with Crippen LogP contribution in [0.1, 0.15) is 19.3 Å². The first-order chi connectivity index (χ1) is 5.47. The molecule has 1 atom stereocenters. The van der Waals surface area contributed by atoms with Gasteiger partial charge in [-0.25, -0.2) is 0 Å². The van der Waals surface area contributed by atoms with Gasteiger partial charge in [0, 0.05) is 12.8 Å². The molecule has 0 radical (unpaired) electrons. The third-order valence-corrected chi connectivity index (χ3v) is 1.65. The lowest BCUT2D eigenvalue weighted by Gasteiger charge is -2.22. The molecule has 0 aromatic heterocycles. The lowest BCUT2D eigenvalue weighted by molar-refractivity contribution is -0.167. The van der Waals surface area contributed by atoms with Gasteiger partial charge >= 0.3 is 6.18 Å². The van der Waals surface area contributed by atoms with Crippen molar-refractivity contribution in [2.45, 2.75) is 31.5 Å². The van der Waals surface area contributed by atoms with E-state index in [0.717, 1.165) is 0 Å². The monoisotopic (exact) mass is 182 g/mol. The molecule has 1 aliphatic heterocycles. The van der Waals surface area contributed by atoms with Crippen LogP contribution in [0.3, 0.4) is 0 Å². The molecule has 1 saturated heterocycles. The number of alkyl halides is 3. The summed E-state index contributed by atoms with van der Waals surface area (Å²) < 4.78 is 40.1. The molecular formula is C7H9F3O2. The third-order valence-electron chi connectivity index (χ3n) is 1.65. The van der Waals surface area contributed by atoms with E-state index in [9.17, 15) is 18.0 Å². The Labute approximate surface area is 67.7 Å². The topological polar surface area (TPSA) is 26.3 Å². The Kier molecular flexibility index (Phi) is 2.72. The van der Waals surface area contributed by atoms with Crippen LogP contribution in [0.15, 0.2) is 0 Å². The number of hydrogen-bond donors (Lipinski definition) is 0. The fourth-order valence-electron chi connectivity index (χ4n) is 1.14. The zero-order chi connectivity index (χ0) is 9.19. The molecule has 0 aromatic carbocycles. The molecule has 12 heavy (non-hydrogen) atoms. The first kappa shape index (κ1) is 9.51. The minimum absolute atomic E-state index is 0.0977. The van der Waals surface area contributed by atoms with Crippen molar-refractivity contribution in [3.63, 3.8) is 0 Å². The highest BCUT2D eigenvalue weighted by Crippen LogP contribution is 2.26. The standard InChI is InChI=1S/C7H9F3O2/c8-7(9,10)4-6-3-5(11)1-2-12-6/h6H,1-4H2/t6-/m1/s1. The molecule has 0 bridgehead atoms. The molecule has 2 nitrogen and oxygen atoms in total.